The predicted molar refractivity (Wildman–Crippen MR) is 191 cm³/mol. The van der Waals surface area contributed by atoms with Crippen LogP contribution >= 0.6 is 11.6 Å². The van der Waals surface area contributed by atoms with Crippen molar-refractivity contribution in [3.63, 3.8) is 0 Å². The fourth-order valence-corrected chi connectivity index (χ4v) is 7.25. The van der Waals surface area contributed by atoms with Crippen molar-refractivity contribution in [1.82, 2.24) is 30.4 Å². The number of alkyl carbamates (subject to hydrolysis) is 1. The lowest BCUT2D eigenvalue weighted by Gasteiger charge is -2.37. The van der Waals surface area contributed by atoms with Crippen LogP contribution in [-0.4, -0.2) is 42.7 Å². The molecule has 10 nitrogen and oxygen atoms in total. The summed E-state index contributed by atoms with van der Waals surface area (Å²) in [6.07, 6.45) is 6.51. The number of hydrogen-bond acceptors (Lipinski definition) is 7. The molecule has 0 saturated heterocycles. The van der Waals surface area contributed by atoms with E-state index in [0.29, 0.717) is 45.6 Å². The van der Waals surface area contributed by atoms with Crippen LogP contribution in [0.2, 0.25) is 5.02 Å². The quantitative estimate of drug-likeness (QED) is 0.173. The van der Waals surface area contributed by atoms with E-state index in [2.05, 4.69) is 26.6 Å². The Balaban J connectivity index is 1.23. The van der Waals surface area contributed by atoms with Gasteiger partial charge in [-0.25, -0.2) is 14.3 Å². The van der Waals surface area contributed by atoms with Crippen molar-refractivity contribution in [2.45, 2.75) is 83.0 Å². The van der Waals surface area contributed by atoms with E-state index in [9.17, 15) is 14.0 Å². The third-order valence-electron chi connectivity index (χ3n) is 9.59. The highest BCUT2D eigenvalue weighted by Crippen LogP contribution is 2.52. The minimum atomic E-state index is -0.834. The van der Waals surface area contributed by atoms with Gasteiger partial charge in [0.2, 0.25) is 5.91 Å². The first-order valence-electron chi connectivity index (χ1n) is 17.1. The van der Waals surface area contributed by atoms with E-state index in [1.54, 1.807) is 63.5 Å². The number of aryl methyl sites for hydroxylation is 1. The maximum Gasteiger partial charge on any atom is 0.407 e. The number of pyridine rings is 2. The molecule has 2 amide bonds. The zero-order valence-electron chi connectivity index (χ0n) is 28.6. The Bertz CT molecular complexity index is 2180. The summed E-state index contributed by atoms with van der Waals surface area (Å²) in [7, 11) is 0. The van der Waals surface area contributed by atoms with E-state index < -0.39 is 22.9 Å². The molecule has 2 aliphatic carbocycles. The molecule has 2 aromatic carbocycles. The molecule has 0 radical (unpaired) electrons. The molecule has 2 aliphatic rings. The van der Waals surface area contributed by atoms with Gasteiger partial charge in [-0.1, -0.05) is 35.9 Å². The van der Waals surface area contributed by atoms with Crippen molar-refractivity contribution in [2.24, 2.45) is 0 Å². The van der Waals surface area contributed by atoms with E-state index in [0.717, 1.165) is 36.1 Å². The molecule has 7 rings (SSSR count). The van der Waals surface area contributed by atoms with Crippen LogP contribution in [0.1, 0.15) is 80.7 Å². The van der Waals surface area contributed by atoms with Gasteiger partial charge in [-0.2, -0.15) is 5.10 Å². The molecule has 1 unspecified atom stereocenters. The van der Waals surface area contributed by atoms with E-state index in [-0.39, 0.29) is 36.2 Å². The molecule has 262 valence electrons. The van der Waals surface area contributed by atoms with Crippen LogP contribution in [0.5, 0.6) is 0 Å². The number of carbonyl (C=O) groups is 2. The first kappa shape index (κ1) is 34.3. The summed E-state index contributed by atoms with van der Waals surface area (Å²) < 4.78 is 20.1. The van der Waals surface area contributed by atoms with Crippen LogP contribution < -0.4 is 10.9 Å². The maximum atomic E-state index is 15.0. The molecular formula is C39H38ClFN6O4. The van der Waals surface area contributed by atoms with Gasteiger partial charge in [0.05, 0.1) is 52.0 Å². The topological polar surface area (TPSA) is 130 Å². The van der Waals surface area contributed by atoms with Gasteiger partial charge < -0.3 is 15.0 Å². The third-order valence-corrected chi connectivity index (χ3v) is 9.90. The highest BCUT2D eigenvalue weighted by molar-refractivity contribution is 6.33. The van der Waals surface area contributed by atoms with Crippen molar-refractivity contribution < 1.29 is 18.7 Å². The predicted octanol–water partition coefficient (Wildman–Crippen LogP) is 7.34. The van der Waals surface area contributed by atoms with Crippen molar-refractivity contribution in [3.05, 3.63) is 122 Å². The molecule has 2 N–H and O–H groups in total. The molecular weight excluding hydrogens is 671 g/mol. The van der Waals surface area contributed by atoms with Gasteiger partial charge in [-0.05, 0) is 100 Å². The Morgan fingerprint density at radius 2 is 1.90 bits per heavy atom. The van der Waals surface area contributed by atoms with E-state index in [1.807, 2.05) is 23.1 Å². The molecule has 3 heterocycles. The summed E-state index contributed by atoms with van der Waals surface area (Å²) in [5.74, 6) is -0.495. The minimum Gasteiger partial charge on any atom is -0.444 e. The number of nitrogens with one attached hydrogen (secondary N) is 2. The number of carbonyl (C=O) groups excluding carboxylic acids is 2. The first-order valence-corrected chi connectivity index (χ1v) is 17.4. The number of benzene rings is 2. The number of aromatic nitrogens is 4. The lowest BCUT2D eigenvalue weighted by Crippen LogP contribution is -2.43. The molecule has 12 heteroatoms. The van der Waals surface area contributed by atoms with Crippen molar-refractivity contribution in [2.75, 3.05) is 0 Å². The van der Waals surface area contributed by atoms with Crippen LogP contribution in [-0.2, 0) is 34.5 Å². The van der Waals surface area contributed by atoms with Crippen LogP contribution in [0.15, 0.2) is 77.9 Å². The SMILES string of the molecule is CC(C)(C)OC(=O)NCc1n[nH]c(=O)c2ccc(C3(C(=O)N(Cc4ccc(-c5c(F)cccc5Cl)cn4)C4CCCc5cccnc54)CC3)cc12. The monoisotopic (exact) mass is 708 g/mol. The van der Waals surface area contributed by atoms with Gasteiger partial charge >= 0.3 is 6.09 Å². The molecule has 51 heavy (non-hydrogen) atoms. The number of aromatic amines is 1. The van der Waals surface area contributed by atoms with Gasteiger partial charge in [-0.15, -0.1) is 0 Å². The Labute approximate surface area is 299 Å². The zero-order chi connectivity index (χ0) is 35.9. The number of amides is 2. The zero-order valence-corrected chi connectivity index (χ0v) is 29.4. The highest BCUT2D eigenvalue weighted by Gasteiger charge is 2.54. The molecule has 1 saturated carbocycles. The van der Waals surface area contributed by atoms with E-state index in [4.69, 9.17) is 21.3 Å². The number of ether oxygens (including phenoxy) is 1. The number of hydrogen-bond donors (Lipinski definition) is 2. The smallest absolute Gasteiger partial charge is 0.407 e. The summed E-state index contributed by atoms with van der Waals surface area (Å²) in [4.78, 5) is 51.6. The highest BCUT2D eigenvalue weighted by atomic mass is 35.5. The third kappa shape index (κ3) is 6.95. The van der Waals surface area contributed by atoms with Crippen LogP contribution in [0, 0.1) is 5.82 Å². The molecule has 0 spiro atoms. The molecule has 0 bridgehead atoms. The minimum absolute atomic E-state index is 0.0169. The average Bonchev–Trinajstić information content (AvgIpc) is 3.92. The number of fused-ring (bicyclic) bond motifs is 2. The molecule has 0 aliphatic heterocycles. The number of halogens is 2. The van der Waals surface area contributed by atoms with Gasteiger partial charge in [0.15, 0.2) is 0 Å². The first-order chi connectivity index (χ1) is 24.4. The summed E-state index contributed by atoms with van der Waals surface area (Å²) in [6.45, 7) is 5.56. The largest absolute Gasteiger partial charge is 0.444 e. The second-order valence-corrected chi connectivity index (χ2v) is 14.6. The maximum absolute atomic E-state index is 15.0. The number of H-pyrrole nitrogens is 1. The van der Waals surface area contributed by atoms with Crippen LogP contribution in [0.3, 0.4) is 0 Å². The second-order valence-electron chi connectivity index (χ2n) is 14.2. The van der Waals surface area contributed by atoms with E-state index in [1.165, 1.54) is 6.07 Å². The van der Waals surface area contributed by atoms with E-state index >= 15 is 4.79 Å². The normalized spacial score (nSPS) is 16.3. The molecule has 3 aromatic heterocycles. The average molecular weight is 709 g/mol. The lowest BCUT2D eigenvalue weighted by atomic mass is 9.87. The summed E-state index contributed by atoms with van der Waals surface area (Å²) in [6, 6.07) is 17.2. The Kier molecular flexibility index (Phi) is 9.09. The lowest BCUT2D eigenvalue weighted by molar-refractivity contribution is -0.137. The van der Waals surface area contributed by atoms with Crippen LogP contribution in [0.4, 0.5) is 9.18 Å². The number of nitrogens with zero attached hydrogens (tertiary/aromatic N) is 4. The van der Waals surface area contributed by atoms with Gasteiger partial charge in [0.25, 0.3) is 5.56 Å². The van der Waals surface area contributed by atoms with Gasteiger partial charge in [0.1, 0.15) is 11.4 Å². The Morgan fingerprint density at radius 3 is 2.63 bits per heavy atom. The second kappa shape index (κ2) is 13.5. The van der Waals surface area contributed by atoms with Crippen LogP contribution in [0.25, 0.3) is 21.9 Å². The molecule has 5 aromatic rings. The van der Waals surface area contributed by atoms with Gasteiger partial charge in [-0.3, -0.25) is 19.6 Å². The molecule has 1 atom stereocenters. The standard InChI is InChI=1S/C39H38ClFN6O4/c1-38(2,3)51-37(50)44-21-31-28-19-25(13-15-27(28)35(48)46-45-31)39(16-17-39)36(49)47(32-11-4-7-23-8-6-18-42-34(23)32)22-26-14-12-24(20-43-26)33-29(40)9-5-10-30(33)41/h5-6,8-10,12-15,18-20,32H,4,7,11,16-17,21-22H2,1-3H3,(H,44,50)(H,46,48). The van der Waals surface area contributed by atoms with Crippen molar-refractivity contribution in [3.8, 4) is 11.1 Å². The van der Waals surface area contributed by atoms with Crippen molar-refractivity contribution in [1.29, 1.82) is 0 Å². The Hall–Kier alpha value is -5.16. The van der Waals surface area contributed by atoms with Gasteiger partial charge in [0, 0.05) is 28.9 Å². The van der Waals surface area contributed by atoms with Crippen molar-refractivity contribution >= 4 is 34.4 Å². The summed E-state index contributed by atoms with van der Waals surface area (Å²) in [5.41, 5.74) is 2.79. The fraction of sp³-hybridized carbons (Fsp3) is 0.333. The number of rotatable bonds is 8. The fourth-order valence-electron chi connectivity index (χ4n) is 6.97. The Morgan fingerprint density at radius 1 is 1.08 bits per heavy atom. The molecule has 1 fully saturated rings. The summed E-state index contributed by atoms with van der Waals surface area (Å²) in [5, 5.41) is 10.7. The summed E-state index contributed by atoms with van der Waals surface area (Å²) >= 11 is 6.33.